The van der Waals surface area contributed by atoms with Crippen molar-refractivity contribution < 1.29 is 18.1 Å². The van der Waals surface area contributed by atoms with Crippen LogP contribution in [0.2, 0.25) is 10.0 Å². The summed E-state index contributed by atoms with van der Waals surface area (Å²) in [6.07, 6.45) is -0.189. The number of benzene rings is 2. The topological polar surface area (TPSA) is 118 Å². The largest absolute Gasteiger partial charge is 0.325 e. The Kier molecular flexibility index (Phi) is 6.54. The Morgan fingerprint density at radius 1 is 1.12 bits per heavy atom. The minimum Gasteiger partial charge on any atom is -0.325 e. The molecule has 2 N–H and O–H groups in total. The summed E-state index contributed by atoms with van der Waals surface area (Å²) in [5.74, 6) is -0.550. The molecule has 2 aromatic rings. The highest BCUT2D eigenvalue weighted by atomic mass is 35.5. The zero-order valence-corrected chi connectivity index (χ0v) is 15.4. The van der Waals surface area contributed by atoms with E-state index in [9.17, 15) is 23.3 Å². The molecule has 0 saturated carbocycles. The zero-order valence-electron chi connectivity index (χ0n) is 13.1. The van der Waals surface area contributed by atoms with Crippen LogP contribution in [0.5, 0.6) is 0 Å². The number of nitrogens with one attached hydrogen (secondary N) is 2. The van der Waals surface area contributed by atoms with Crippen molar-refractivity contribution in [3.8, 4) is 0 Å². The molecule has 0 aromatic heterocycles. The quantitative estimate of drug-likeness (QED) is 0.529. The van der Waals surface area contributed by atoms with E-state index < -0.39 is 20.9 Å². The maximum absolute atomic E-state index is 12.1. The number of anilines is 1. The van der Waals surface area contributed by atoms with Gasteiger partial charge in [-0.05, 0) is 30.3 Å². The molecular formula is C15H13Cl2N3O5S. The summed E-state index contributed by atoms with van der Waals surface area (Å²) < 4.78 is 26.4. The Hall–Kier alpha value is -2.20. The van der Waals surface area contributed by atoms with Crippen LogP contribution >= 0.6 is 23.2 Å². The lowest BCUT2D eigenvalue weighted by molar-refractivity contribution is -0.384. The molecule has 138 valence electrons. The van der Waals surface area contributed by atoms with Crippen molar-refractivity contribution in [2.75, 3.05) is 11.9 Å². The van der Waals surface area contributed by atoms with Gasteiger partial charge < -0.3 is 5.32 Å². The number of sulfonamides is 1. The van der Waals surface area contributed by atoms with Crippen LogP contribution in [0.4, 0.5) is 11.4 Å². The number of nitro groups is 1. The van der Waals surface area contributed by atoms with Gasteiger partial charge in [0, 0.05) is 30.1 Å². The van der Waals surface area contributed by atoms with Crippen LogP contribution < -0.4 is 10.0 Å². The monoisotopic (exact) mass is 417 g/mol. The lowest BCUT2D eigenvalue weighted by Gasteiger charge is -2.09. The molecule has 2 rings (SSSR count). The van der Waals surface area contributed by atoms with Crippen molar-refractivity contribution in [1.82, 2.24) is 4.72 Å². The molecule has 0 aliphatic rings. The molecule has 11 heteroatoms. The molecule has 0 spiro atoms. The van der Waals surface area contributed by atoms with Gasteiger partial charge in [0.05, 0.1) is 20.5 Å². The van der Waals surface area contributed by atoms with E-state index in [2.05, 4.69) is 10.0 Å². The van der Waals surface area contributed by atoms with Crippen LogP contribution in [-0.2, 0) is 14.8 Å². The number of hydrogen-bond donors (Lipinski definition) is 2. The highest BCUT2D eigenvalue weighted by Crippen LogP contribution is 2.26. The molecule has 0 radical (unpaired) electrons. The second-order valence-corrected chi connectivity index (χ2v) is 7.68. The van der Waals surface area contributed by atoms with E-state index in [0.29, 0.717) is 5.02 Å². The average Bonchev–Trinajstić information content (AvgIpc) is 2.57. The molecule has 0 saturated heterocycles. The molecule has 2 aromatic carbocycles. The molecule has 0 unspecified atom stereocenters. The van der Waals surface area contributed by atoms with Crippen LogP contribution in [0.25, 0.3) is 0 Å². The lowest BCUT2D eigenvalue weighted by Crippen LogP contribution is -2.27. The number of nitro benzene ring substituents is 1. The molecule has 1 amide bonds. The normalized spacial score (nSPS) is 11.2. The van der Waals surface area contributed by atoms with Gasteiger partial charge in [0.15, 0.2) is 0 Å². The first-order valence-electron chi connectivity index (χ1n) is 7.18. The third-order valence-corrected chi connectivity index (χ3v) is 5.26. The fourth-order valence-electron chi connectivity index (χ4n) is 1.93. The van der Waals surface area contributed by atoms with E-state index in [4.69, 9.17) is 23.2 Å². The molecule has 0 aliphatic carbocycles. The van der Waals surface area contributed by atoms with E-state index in [-0.39, 0.29) is 34.3 Å². The van der Waals surface area contributed by atoms with Gasteiger partial charge >= 0.3 is 0 Å². The number of carbonyl (C=O) groups is 1. The van der Waals surface area contributed by atoms with Crippen molar-refractivity contribution in [3.63, 3.8) is 0 Å². The maximum atomic E-state index is 12.1. The summed E-state index contributed by atoms with van der Waals surface area (Å²) in [7, 11) is -3.78. The zero-order chi connectivity index (χ0) is 19.3. The summed E-state index contributed by atoms with van der Waals surface area (Å²) in [5, 5.41) is 13.7. The molecule has 26 heavy (non-hydrogen) atoms. The van der Waals surface area contributed by atoms with Crippen LogP contribution in [-0.4, -0.2) is 25.8 Å². The summed E-state index contributed by atoms with van der Waals surface area (Å²) >= 11 is 11.6. The minimum absolute atomic E-state index is 0.0176. The number of amides is 1. The number of non-ortho nitro benzene ring substituents is 1. The number of carbonyl (C=O) groups excluding carboxylic acids is 1. The number of nitrogens with zero attached hydrogens (tertiary/aromatic N) is 1. The van der Waals surface area contributed by atoms with E-state index in [1.165, 1.54) is 36.4 Å². The standard InChI is InChI=1S/C15H13Cl2N3O5S/c16-10-1-4-12(5-2-10)26(24,25)18-8-7-15(21)19-14-9-11(20(22)23)3-6-13(14)17/h1-6,9,18H,7-8H2,(H,19,21). The summed E-state index contributed by atoms with van der Waals surface area (Å²) in [4.78, 5) is 22.1. The van der Waals surface area contributed by atoms with Crippen LogP contribution in [0.3, 0.4) is 0 Å². The van der Waals surface area contributed by atoms with Gasteiger partial charge in [-0.15, -0.1) is 0 Å². The van der Waals surface area contributed by atoms with Crippen molar-refractivity contribution in [2.45, 2.75) is 11.3 Å². The summed E-state index contributed by atoms with van der Waals surface area (Å²) in [6.45, 7) is -0.163. The number of hydrogen-bond acceptors (Lipinski definition) is 5. The Labute approximate surface area is 159 Å². The first kappa shape index (κ1) is 20.1. The fourth-order valence-corrected chi connectivity index (χ4v) is 3.25. The number of rotatable bonds is 7. The third-order valence-electron chi connectivity index (χ3n) is 3.20. The maximum Gasteiger partial charge on any atom is 0.271 e. The Morgan fingerprint density at radius 2 is 1.77 bits per heavy atom. The van der Waals surface area contributed by atoms with Crippen LogP contribution in [0.1, 0.15) is 6.42 Å². The SMILES string of the molecule is O=C(CCNS(=O)(=O)c1ccc(Cl)cc1)Nc1cc([N+](=O)[O-])ccc1Cl. The molecule has 0 heterocycles. The first-order chi connectivity index (χ1) is 12.2. The Balaban J connectivity index is 1.94. The molecule has 0 atom stereocenters. The van der Waals surface area contributed by atoms with Gasteiger partial charge in [0.1, 0.15) is 0 Å². The highest BCUT2D eigenvalue weighted by molar-refractivity contribution is 7.89. The van der Waals surface area contributed by atoms with E-state index >= 15 is 0 Å². The summed E-state index contributed by atoms with van der Waals surface area (Å²) in [6, 6.07) is 9.18. The average molecular weight is 418 g/mol. The molecule has 0 aliphatic heterocycles. The first-order valence-corrected chi connectivity index (χ1v) is 9.42. The van der Waals surface area contributed by atoms with Gasteiger partial charge in [-0.25, -0.2) is 13.1 Å². The second kappa shape index (κ2) is 8.45. The number of halogens is 2. The van der Waals surface area contributed by atoms with Gasteiger partial charge in [-0.2, -0.15) is 0 Å². The van der Waals surface area contributed by atoms with E-state index in [1.807, 2.05) is 0 Å². The highest BCUT2D eigenvalue weighted by Gasteiger charge is 2.15. The minimum atomic E-state index is -3.78. The van der Waals surface area contributed by atoms with Crippen LogP contribution in [0.15, 0.2) is 47.4 Å². The Morgan fingerprint density at radius 3 is 2.38 bits per heavy atom. The lowest BCUT2D eigenvalue weighted by atomic mass is 10.2. The van der Waals surface area contributed by atoms with Crippen molar-refractivity contribution >= 4 is 50.5 Å². The second-order valence-electron chi connectivity index (χ2n) is 5.07. The molecule has 0 bridgehead atoms. The Bertz CT molecular complexity index is 933. The molecule has 0 fully saturated rings. The van der Waals surface area contributed by atoms with Crippen molar-refractivity contribution in [2.24, 2.45) is 0 Å². The van der Waals surface area contributed by atoms with Crippen molar-refractivity contribution in [1.29, 1.82) is 0 Å². The predicted octanol–water partition coefficient (Wildman–Crippen LogP) is 3.21. The van der Waals surface area contributed by atoms with E-state index in [1.54, 1.807) is 0 Å². The van der Waals surface area contributed by atoms with Gasteiger partial charge in [0.2, 0.25) is 15.9 Å². The van der Waals surface area contributed by atoms with E-state index in [0.717, 1.165) is 6.07 Å². The summed E-state index contributed by atoms with van der Waals surface area (Å²) in [5.41, 5.74) is -0.153. The van der Waals surface area contributed by atoms with Gasteiger partial charge in [-0.1, -0.05) is 23.2 Å². The van der Waals surface area contributed by atoms with Crippen LogP contribution in [0, 0.1) is 10.1 Å². The van der Waals surface area contributed by atoms with Gasteiger partial charge in [0.25, 0.3) is 5.69 Å². The third kappa shape index (κ3) is 5.40. The van der Waals surface area contributed by atoms with Crippen molar-refractivity contribution in [3.05, 3.63) is 62.6 Å². The fraction of sp³-hybridized carbons (Fsp3) is 0.133. The molecule has 8 nitrogen and oxygen atoms in total. The smallest absolute Gasteiger partial charge is 0.271 e. The van der Waals surface area contributed by atoms with Gasteiger partial charge in [-0.3, -0.25) is 14.9 Å². The molecular weight excluding hydrogens is 405 g/mol. The predicted molar refractivity (Wildman–Crippen MR) is 98.0 cm³/mol.